The lowest BCUT2D eigenvalue weighted by atomic mass is 9.85. The third-order valence-electron chi connectivity index (χ3n) is 7.86. The number of hydrogen-bond donors (Lipinski definition) is 4. The van der Waals surface area contributed by atoms with E-state index in [1.807, 2.05) is 20.8 Å². The molecule has 11 nitrogen and oxygen atoms in total. The molecule has 0 aliphatic carbocycles. The number of hydrogen-bond acceptors (Lipinski definition) is 6. The molecule has 1 saturated heterocycles. The summed E-state index contributed by atoms with van der Waals surface area (Å²) in [5, 5.41) is 24.9. The lowest BCUT2D eigenvalue weighted by molar-refractivity contribution is -0.155. The molecule has 0 radical (unpaired) electrons. The highest BCUT2D eigenvalue weighted by atomic mass is 35.5. The number of rotatable bonds is 8. The second kappa shape index (κ2) is 12.1. The molecule has 0 unspecified atom stereocenters. The number of carboxylic acids is 2. The average molecular weight is 611 g/mol. The van der Waals surface area contributed by atoms with Gasteiger partial charge in [-0.15, -0.1) is 0 Å². The molecule has 2 atom stereocenters. The van der Waals surface area contributed by atoms with Crippen LogP contribution in [0.5, 0.6) is 0 Å². The second-order valence-electron chi connectivity index (χ2n) is 11.9. The van der Waals surface area contributed by atoms with Gasteiger partial charge >= 0.3 is 11.9 Å². The van der Waals surface area contributed by atoms with Crippen LogP contribution in [-0.4, -0.2) is 76.0 Å². The molecule has 2 aromatic carbocycles. The van der Waals surface area contributed by atoms with Crippen molar-refractivity contribution in [3.8, 4) is 0 Å². The highest BCUT2D eigenvalue weighted by Gasteiger charge is 2.51. The molecule has 3 amide bonds. The highest BCUT2D eigenvalue weighted by molar-refractivity contribution is 6.30. The summed E-state index contributed by atoms with van der Waals surface area (Å²) in [4.78, 5) is 66.6. The fourth-order valence-corrected chi connectivity index (χ4v) is 5.50. The normalized spacial score (nSPS) is 18.1. The summed E-state index contributed by atoms with van der Waals surface area (Å²) in [6.07, 6.45) is 3.67. The molecule has 2 heterocycles. The number of likely N-dealkylation sites (N-methyl/N-ethyl adjacent to an activating group) is 1. The summed E-state index contributed by atoms with van der Waals surface area (Å²) in [6, 6.07) is 10.1. The molecular weight excluding hydrogens is 576 g/mol. The van der Waals surface area contributed by atoms with Crippen molar-refractivity contribution in [3.63, 3.8) is 0 Å². The SMILES string of the molecule is CN(C(=O)[C@@H]1CCCN1C(=O)[C@@H](NC(=O)C=Cc1ccc2c(c1)CC(C(=O)O)(C(=O)O)N2)C(C)(C)C)c1ccc(Cl)cc1. The van der Waals surface area contributed by atoms with Gasteiger partial charge in [-0.25, -0.2) is 9.59 Å². The Morgan fingerprint density at radius 3 is 2.35 bits per heavy atom. The fourth-order valence-electron chi connectivity index (χ4n) is 5.37. The zero-order valence-corrected chi connectivity index (χ0v) is 25.1. The van der Waals surface area contributed by atoms with Crippen molar-refractivity contribution in [2.24, 2.45) is 5.41 Å². The number of aliphatic carboxylic acids is 2. The second-order valence-corrected chi connectivity index (χ2v) is 12.4. The molecule has 2 aliphatic rings. The maximum atomic E-state index is 13.8. The third-order valence-corrected chi connectivity index (χ3v) is 8.11. The molecule has 43 heavy (non-hydrogen) atoms. The van der Waals surface area contributed by atoms with Crippen LogP contribution >= 0.6 is 11.6 Å². The van der Waals surface area contributed by atoms with E-state index in [0.717, 1.165) is 0 Å². The van der Waals surface area contributed by atoms with Crippen LogP contribution in [0.15, 0.2) is 48.5 Å². The third kappa shape index (κ3) is 6.51. The van der Waals surface area contributed by atoms with Gasteiger partial charge < -0.3 is 30.6 Å². The zero-order valence-electron chi connectivity index (χ0n) is 24.4. The summed E-state index contributed by atoms with van der Waals surface area (Å²) >= 11 is 5.98. The van der Waals surface area contributed by atoms with E-state index in [2.05, 4.69) is 10.6 Å². The first-order valence-corrected chi connectivity index (χ1v) is 14.2. The molecule has 0 saturated carbocycles. The first-order valence-electron chi connectivity index (χ1n) is 13.8. The van der Waals surface area contributed by atoms with Crippen molar-refractivity contribution in [2.45, 2.75) is 57.7 Å². The summed E-state index contributed by atoms with van der Waals surface area (Å²) in [5.41, 5.74) is -0.741. The Morgan fingerprint density at radius 1 is 1.09 bits per heavy atom. The standard InChI is InChI=1S/C31H35ClN4O7/c1-30(2,3)25(27(39)36-15-5-6-23(36)26(38)35(4)21-11-9-20(32)10-12-21)33-24(37)14-8-18-7-13-22-19(16-18)17-31(34-22,28(40)41)29(42)43/h7-14,16,23,25,34H,5-6,15,17H2,1-4H3,(H,33,37)(H,40,41)(H,42,43)/t23-,25+/m0/s1. The number of carbonyl (C=O) groups excluding carboxylic acids is 3. The highest BCUT2D eigenvalue weighted by Crippen LogP contribution is 2.34. The lowest BCUT2D eigenvalue weighted by Gasteiger charge is -2.36. The summed E-state index contributed by atoms with van der Waals surface area (Å²) < 4.78 is 0. The van der Waals surface area contributed by atoms with Gasteiger partial charge in [-0.05, 0) is 71.9 Å². The largest absolute Gasteiger partial charge is 0.479 e. The van der Waals surface area contributed by atoms with E-state index in [4.69, 9.17) is 11.6 Å². The maximum Gasteiger partial charge on any atom is 0.341 e. The minimum absolute atomic E-state index is 0.229. The Labute approximate surface area is 254 Å². The monoisotopic (exact) mass is 610 g/mol. The van der Waals surface area contributed by atoms with E-state index < -0.39 is 40.9 Å². The van der Waals surface area contributed by atoms with E-state index in [1.54, 1.807) is 54.4 Å². The molecule has 1 fully saturated rings. The van der Waals surface area contributed by atoms with Crippen molar-refractivity contribution in [1.82, 2.24) is 10.2 Å². The number of amides is 3. The van der Waals surface area contributed by atoms with Gasteiger partial charge in [-0.2, -0.15) is 0 Å². The number of fused-ring (bicyclic) bond motifs is 1. The van der Waals surface area contributed by atoms with Crippen molar-refractivity contribution in [1.29, 1.82) is 0 Å². The van der Waals surface area contributed by atoms with Crippen LogP contribution < -0.4 is 15.5 Å². The van der Waals surface area contributed by atoms with Gasteiger partial charge in [0.1, 0.15) is 12.1 Å². The number of halogens is 1. The van der Waals surface area contributed by atoms with Gasteiger partial charge in [0, 0.05) is 42.5 Å². The molecule has 0 spiro atoms. The minimum atomic E-state index is -2.15. The van der Waals surface area contributed by atoms with Crippen LogP contribution in [0.1, 0.15) is 44.7 Å². The van der Waals surface area contributed by atoms with Crippen LogP contribution in [0.2, 0.25) is 5.02 Å². The molecule has 4 N–H and O–H groups in total. The molecule has 228 valence electrons. The smallest absolute Gasteiger partial charge is 0.341 e. The number of benzene rings is 2. The van der Waals surface area contributed by atoms with Gasteiger partial charge in [-0.3, -0.25) is 14.4 Å². The van der Waals surface area contributed by atoms with Gasteiger partial charge in [0.05, 0.1) is 0 Å². The maximum absolute atomic E-state index is 13.8. The van der Waals surface area contributed by atoms with Gasteiger partial charge in [0.25, 0.3) is 0 Å². The molecule has 4 rings (SSSR count). The van der Waals surface area contributed by atoms with E-state index >= 15 is 0 Å². The molecule has 0 bridgehead atoms. The van der Waals surface area contributed by atoms with Crippen molar-refractivity contribution < 1.29 is 34.2 Å². The number of carboxylic acid groups (broad SMARTS) is 2. The first kappa shape index (κ1) is 31.6. The molecular formula is C31H35ClN4O7. The van der Waals surface area contributed by atoms with E-state index in [-0.39, 0.29) is 18.2 Å². The Bertz CT molecular complexity index is 1470. The Hall–Kier alpha value is -4.38. The van der Waals surface area contributed by atoms with E-state index in [9.17, 15) is 34.2 Å². The fraction of sp³-hybridized carbons (Fsp3) is 0.387. The first-order chi connectivity index (χ1) is 20.1. The molecule has 2 aromatic rings. The number of carbonyl (C=O) groups is 5. The topological polar surface area (TPSA) is 156 Å². The molecule has 2 aliphatic heterocycles. The van der Waals surface area contributed by atoms with Crippen LogP contribution in [0.3, 0.4) is 0 Å². The number of likely N-dealkylation sites (tertiary alicyclic amines) is 1. The Balaban J connectivity index is 1.47. The lowest BCUT2D eigenvalue weighted by Crippen LogP contribution is -2.57. The van der Waals surface area contributed by atoms with Gasteiger partial charge in [0.2, 0.25) is 23.3 Å². The van der Waals surface area contributed by atoms with Crippen LogP contribution in [0.4, 0.5) is 11.4 Å². The van der Waals surface area contributed by atoms with Crippen molar-refractivity contribution in [3.05, 3.63) is 64.7 Å². The van der Waals surface area contributed by atoms with Crippen LogP contribution in [-0.2, 0) is 30.4 Å². The van der Waals surface area contributed by atoms with Crippen molar-refractivity contribution in [2.75, 3.05) is 23.8 Å². The van der Waals surface area contributed by atoms with Gasteiger partial charge in [-0.1, -0.05) is 38.4 Å². The Kier molecular flexibility index (Phi) is 8.87. The average Bonchev–Trinajstić information content (AvgIpc) is 3.59. The van der Waals surface area contributed by atoms with Gasteiger partial charge in [0.15, 0.2) is 0 Å². The van der Waals surface area contributed by atoms with E-state index in [0.29, 0.717) is 46.9 Å². The Morgan fingerprint density at radius 2 is 1.74 bits per heavy atom. The summed E-state index contributed by atoms with van der Waals surface area (Å²) in [5.74, 6) is -4.10. The summed E-state index contributed by atoms with van der Waals surface area (Å²) in [6.45, 7) is 5.88. The quantitative estimate of drug-likeness (QED) is 0.262. The summed E-state index contributed by atoms with van der Waals surface area (Å²) in [7, 11) is 1.65. The van der Waals surface area contributed by atoms with Crippen LogP contribution in [0.25, 0.3) is 6.08 Å². The zero-order chi connectivity index (χ0) is 31.7. The predicted molar refractivity (Wildman–Crippen MR) is 162 cm³/mol. The number of nitrogens with zero attached hydrogens (tertiary/aromatic N) is 2. The minimum Gasteiger partial charge on any atom is -0.479 e. The van der Waals surface area contributed by atoms with Crippen molar-refractivity contribution >= 4 is 58.7 Å². The van der Waals surface area contributed by atoms with E-state index in [1.165, 1.54) is 17.1 Å². The number of anilines is 2. The molecule has 12 heteroatoms. The molecule has 0 aromatic heterocycles. The number of nitrogens with one attached hydrogen (secondary N) is 2. The van der Waals surface area contributed by atoms with Crippen LogP contribution in [0, 0.1) is 5.41 Å². The predicted octanol–water partition coefficient (Wildman–Crippen LogP) is 3.41.